The Bertz CT molecular complexity index is 856. The second-order valence-electron chi connectivity index (χ2n) is 8.88. The van der Waals surface area contributed by atoms with Gasteiger partial charge in [-0.15, -0.1) is 0 Å². The number of hydrogen-bond donors (Lipinski definition) is 0. The molecule has 30 heavy (non-hydrogen) atoms. The van der Waals surface area contributed by atoms with Crippen LogP contribution in [0.5, 0.6) is 0 Å². The molecule has 1 aliphatic rings. The highest BCUT2D eigenvalue weighted by Crippen LogP contribution is 2.16. The highest BCUT2D eigenvalue weighted by Gasteiger charge is 2.22. The molecular weight excluding hydrogens is 380 g/mol. The van der Waals surface area contributed by atoms with Gasteiger partial charge in [-0.1, -0.05) is 27.7 Å². The van der Waals surface area contributed by atoms with E-state index in [2.05, 4.69) is 32.8 Å². The van der Waals surface area contributed by atoms with Crippen LogP contribution in [0.4, 0.5) is 0 Å². The summed E-state index contributed by atoms with van der Waals surface area (Å²) in [6.45, 7) is 12.5. The lowest BCUT2D eigenvalue weighted by Crippen LogP contribution is -2.40. The minimum Gasteiger partial charge on any atom is -0.378 e. The summed E-state index contributed by atoms with van der Waals surface area (Å²) in [4.78, 5) is 29.6. The average molecular weight is 415 g/mol. The van der Waals surface area contributed by atoms with Crippen LogP contribution in [0, 0.1) is 11.8 Å². The number of morpholine rings is 1. The maximum absolute atomic E-state index is 13.2. The van der Waals surface area contributed by atoms with Gasteiger partial charge in [-0.2, -0.15) is 5.10 Å². The molecular formula is C23H34N4O3. The fourth-order valence-electron chi connectivity index (χ4n) is 3.49. The SMILES string of the molecule is CC(C)CCN(CCC(C)C)C(=O)c1ccn2nc(C(=O)N3CCOCC3)cc2c1. The van der Waals surface area contributed by atoms with Crippen LogP contribution < -0.4 is 0 Å². The molecule has 2 aromatic heterocycles. The van der Waals surface area contributed by atoms with Crippen molar-refractivity contribution >= 4 is 17.3 Å². The van der Waals surface area contributed by atoms with E-state index in [9.17, 15) is 9.59 Å². The highest BCUT2D eigenvalue weighted by molar-refractivity contribution is 5.96. The lowest BCUT2D eigenvalue weighted by atomic mass is 10.1. The largest absolute Gasteiger partial charge is 0.378 e. The monoisotopic (exact) mass is 414 g/mol. The third-order valence-electron chi connectivity index (χ3n) is 5.47. The van der Waals surface area contributed by atoms with Gasteiger partial charge in [0.1, 0.15) is 0 Å². The molecule has 0 aromatic carbocycles. The van der Waals surface area contributed by atoms with Gasteiger partial charge in [-0.3, -0.25) is 9.59 Å². The Kier molecular flexibility index (Phi) is 7.48. The van der Waals surface area contributed by atoms with Crippen LogP contribution in [-0.4, -0.2) is 70.6 Å². The number of amides is 2. The lowest BCUT2D eigenvalue weighted by Gasteiger charge is -2.25. The summed E-state index contributed by atoms with van der Waals surface area (Å²) in [6.07, 6.45) is 3.73. The predicted octanol–water partition coefficient (Wildman–Crippen LogP) is 3.34. The molecule has 3 rings (SSSR count). The number of aromatic nitrogens is 2. The van der Waals surface area contributed by atoms with Gasteiger partial charge in [-0.25, -0.2) is 4.52 Å². The highest BCUT2D eigenvalue weighted by atomic mass is 16.5. The van der Waals surface area contributed by atoms with Crippen molar-refractivity contribution < 1.29 is 14.3 Å². The van der Waals surface area contributed by atoms with Crippen molar-refractivity contribution in [2.45, 2.75) is 40.5 Å². The van der Waals surface area contributed by atoms with Gasteiger partial charge in [-0.05, 0) is 42.9 Å². The molecule has 0 bridgehead atoms. The number of carbonyl (C=O) groups excluding carboxylic acids is 2. The molecule has 0 aliphatic carbocycles. The summed E-state index contributed by atoms with van der Waals surface area (Å²) in [5.41, 5.74) is 1.79. The first-order valence-corrected chi connectivity index (χ1v) is 11.0. The summed E-state index contributed by atoms with van der Waals surface area (Å²) in [6, 6.07) is 5.40. The van der Waals surface area contributed by atoms with E-state index in [0.717, 1.165) is 31.4 Å². The number of rotatable bonds is 8. The van der Waals surface area contributed by atoms with Crippen LogP contribution in [0.2, 0.25) is 0 Å². The Balaban J connectivity index is 1.78. The average Bonchev–Trinajstić information content (AvgIpc) is 3.16. The molecule has 1 fully saturated rings. The smallest absolute Gasteiger partial charge is 0.274 e. The Labute approximate surface area is 179 Å². The van der Waals surface area contributed by atoms with E-state index in [4.69, 9.17) is 4.74 Å². The van der Waals surface area contributed by atoms with E-state index >= 15 is 0 Å². The maximum Gasteiger partial charge on any atom is 0.274 e. The van der Waals surface area contributed by atoms with Gasteiger partial charge in [0.15, 0.2) is 5.69 Å². The second kappa shape index (κ2) is 10.1. The number of nitrogens with zero attached hydrogens (tertiary/aromatic N) is 4. The van der Waals surface area contributed by atoms with E-state index in [1.54, 1.807) is 27.7 Å². The molecule has 0 spiro atoms. The van der Waals surface area contributed by atoms with Crippen LogP contribution >= 0.6 is 0 Å². The predicted molar refractivity (Wildman–Crippen MR) is 117 cm³/mol. The van der Waals surface area contributed by atoms with Crippen LogP contribution in [0.15, 0.2) is 24.4 Å². The molecule has 7 nitrogen and oxygen atoms in total. The van der Waals surface area contributed by atoms with Crippen molar-refractivity contribution in [3.63, 3.8) is 0 Å². The molecule has 0 unspecified atom stereocenters. The Morgan fingerprint density at radius 2 is 1.70 bits per heavy atom. The van der Waals surface area contributed by atoms with Gasteiger partial charge in [0.25, 0.3) is 11.8 Å². The minimum atomic E-state index is -0.0923. The van der Waals surface area contributed by atoms with Crippen LogP contribution in [0.3, 0.4) is 0 Å². The van der Waals surface area contributed by atoms with Crippen LogP contribution in [-0.2, 0) is 4.74 Å². The second-order valence-corrected chi connectivity index (χ2v) is 8.88. The zero-order valence-corrected chi connectivity index (χ0v) is 18.6. The van der Waals surface area contributed by atoms with Gasteiger partial charge < -0.3 is 14.5 Å². The molecule has 3 heterocycles. The van der Waals surface area contributed by atoms with Crippen LogP contribution in [0.25, 0.3) is 5.52 Å². The molecule has 2 aromatic rings. The van der Waals surface area contributed by atoms with Crippen molar-refractivity contribution in [1.82, 2.24) is 19.4 Å². The zero-order chi connectivity index (χ0) is 21.7. The molecule has 0 N–H and O–H groups in total. The van der Waals surface area contributed by atoms with Crippen molar-refractivity contribution in [2.24, 2.45) is 11.8 Å². The van der Waals surface area contributed by atoms with Gasteiger partial charge in [0.05, 0.1) is 18.7 Å². The summed E-state index contributed by atoms with van der Waals surface area (Å²) in [7, 11) is 0. The van der Waals surface area contributed by atoms with E-state index < -0.39 is 0 Å². The summed E-state index contributed by atoms with van der Waals surface area (Å²) in [5.74, 6) is 1.04. The maximum atomic E-state index is 13.2. The van der Waals surface area contributed by atoms with Crippen molar-refractivity contribution in [2.75, 3.05) is 39.4 Å². The molecule has 164 valence electrons. The Hall–Kier alpha value is -2.41. The van der Waals surface area contributed by atoms with Gasteiger partial charge in [0.2, 0.25) is 0 Å². The molecule has 1 saturated heterocycles. The number of hydrogen-bond acceptors (Lipinski definition) is 4. The third kappa shape index (κ3) is 5.59. The Morgan fingerprint density at radius 1 is 1.07 bits per heavy atom. The third-order valence-corrected chi connectivity index (χ3v) is 5.47. The van der Waals surface area contributed by atoms with E-state index in [1.165, 1.54) is 0 Å². The van der Waals surface area contributed by atoms with Gasteiger partial charge >= 0.3 is 0 Å². The molecule has 0 atom stereocenters. The molecule has 2 amide bonds. The first-order chi connectivity index (χ1) is 14.3. The standard InChI is InChI=1S/C23H34N4O3/c1-17(2)5-8-25(9-6-18(3)4)22(28)19-7-10-27-20(15-19)16-21(24-27)23(29)26-11-13-30-14-12-26/h7,10,15-18H,5-6,8-9,11-14H2,1-4H3. The summed E-state index contributed by atoms with van der Waals surface area (Å²) >= 11 is 0. The van der Waals surface area contributed by atoms with E-state index in [0.29, 0.717) is 49.4 Å². The lowest BCUT2D eigenvalue weighted by molar-refractivity contribution is 0.0299. The number of ether oxygens (including phenoxy) is 1. The topological polar surface area (TPSA) is 67.2 Å². The van der Waals surface area contributed by atoms with Crippen molar-refractivity contribution in [1.29, 1.82) is 0 Å². The first-order valence-electron chi connectivity index (χ1n) is 11.0. The number of pyridine rings is 1. The fourth-order valence-corrected chi connectivity index (χ4v) is 3.49. The summed E-state index contributed by atoms with van der Waals surface area (Å²) < 4.78 is 6.98. The molecule has 1 aliphatic heterocycles. The normalized spacial score (nSPS) is 14.7. The van der Waals surface area contributed by atoms with E-state index in [-0.39, 0.29) is 11.8 Å². The fraction of sp³-hybridized carbons (Fsp3) is 0.609. The first kappa shape index (κ1) is 22.3. The number of fused-ring (bicyclic) bond motifs is 1. The van der Waals surface area contributed by atoms with Crippen molar-refractivity contribution in [3.05, 3.63) is 35.7 Å². The zero-order valence-electron chi connectivity index (χ0n) is 18.6. The Morgan fingerprint density at radius 3 is 2.30 bits per heavy atom. The molecule has 0 radical (unpaired) electrons. The molecule has 0 saturated carbocycles. The van der Waals surface area contributed by atoms with Gasteiger partial charge in [0, 0.05) is 37.9 Å². The quantitative estimate of drug-likeness (QED) is 0.664. The van der Waals surface area contributed by atoms with Crippen LogP contribution in [0.1, 0.15) is 61.4 Å². The minimum absolute atomic E-state index is 0.0426. The van der Waals surface area contributed by atoms with Crippen molar-refractivity contribution in [3.8, 4) is 0 Å². The summed E-state index contributed by atoms with van der Waals surface area (Å²) in [5, 5.41) is 4.41. The number of carbonyl (C=O) groups is 2. The van der Waals surface area contributed by atoms with E-state index in [1.807, 2.05) is 11.0 Å². The molecule has 7 heteroatoms.